The van der Waals surface area contributed by atoms with Crippen molar-refractivity contribution in [1.82, 2.24) is 9.97 Å². The van der Waals surface area contributed by atoms with Crippen LogP contribution in [-0.2, 0) is 26.5 Å². The molecule has 0 saturated heterocycles. The maximum Gasteiger partial charge on any atom is 0 e. The van der Waals surface area contributed by atoms with Gasteiger partial charge < -0.3 is 0 Å². The third-order valence-corrected chi connectivity index (χ3v) is 13.7. The third kappa shape index (κ3) is 6.05. The molecule has 0 unspecified atom stereocenters. The van der Waals surface area contributed by atoms with Crippen LogP contribution < -0.4 is 4.40 Å². The van der Waals surface area contributed by atoms with Crippen LogP contribution in [0.15, 0.2) is 107 Å². The fraction of sp³-hybridized carbons (Fsp3) is 0.179. The Hall–Kier alpha value is -3.18. The van der Waals surface area contributed by atoms with Crippen molar-refractivity contribution in [3.63, 3.8) is 0 Å². The maximum atomic E-state index is 11.1. The Balaban J connectivity index is 0.00000357. The summed E-state index contributed by atoms with van der Waals surface area (Å²) < 4.78 is 1.46. The molecule has 0 saturated carbocycles. The van der Waals surface area contributed by atoms with Gasteiger partial charge in [0.15, 0.2) is 0 Å². The zero-order chi connectivity index (χ0) is 30.8. The van der Waals surface area contributed by atoms with Gasteiger partial charge in [-0.25, -0.2) is 0 Å². The van der Waals surface area contributed by atoms with E-state index in [0.29, 0.717) is 0 Å². The van der Waals surface area contributed by atoms with Crippen LogP contribution in [-0.4, -0.2) is 28.3 Å². The fourth-order valence-electron chi connectivity index (χ4n) is 5.82. The molecule has 6 aromatic rings. The number of hydrogen-bond donors (Lipinski definition) is 1. The first-order valence-electron chi connectivity index (χ1n) is 15.1. The summed E-state index contributed by atoms with van der Waals surface area (Å²) in [6, 6.07) is 35.5. The van der Waals surface area contributed by atoms with Gasteiger partial charge in [-0.05, 0) is 0 Å². The molecule has 1 aliphatic heterocycles. The van der Waals surface area contributed by atoms with E-state index in [1.807, 2.05) is 18.3 Å². The number of pyridine rings is 2. The molecule has 0 bridgehead atoms. The fourth-order valence-corrected chi connectivity index (χ4v) is 9.68. The molecule has 0 aliphatic carbocycles. The Morgan fingerprint density at radius 1 is 0.756 bits per heavy atom. The number of aromatic nitrogens is 2. The average Bonchev–Trinajstić information content (AvgIpc) is 3.00. The zero-order valence-electron chi connectivity index (χ0n) is 26.3. The smallest absolute Gasteiger partial charge is 0 e. The molecule has 6 heteroatoms. The molecule has 0 atom stereocenters. The number of phenolic OH excluding ortho intramolecular Hbond substituents is 1. The van der Waals surface area contributed by atoms with Gasteiger partial charge in [-0.15, -0.1) is 0 Å². The number of fused-ring (bicyclic) bond motifs is 2. The predicted octanol–water partition coefficient (Wildman–Crippen LogP) is 10.1. The van der Waals surface area contributed by atoms with Crippen molar-refractivity contribution < 1.29 is 26.2 Å². The van der Waals surface area contributed by atoms with Crippen molar-refractivity contribution in [2.75, 3.05) is 0 Å². The van der Waals surface area contributed by atoms with Crippen LogP contribution in [0.1, 0.15) is 26.3 Å². The molecule has 3 nitrogen and oxygen atoms in total. The number of nitrogens with zero attached hydrogens (tertiary/aromatic N) is 2. The molecule has 2 aromatic heterocycles. The molecule has 4 aromatic carbocycles. The first-order chi connectivity index (χ1) is 21.0. The summed E-state index contributed by atoms with van der Waals surface area (Å²) in [4.78, 5) is 12.4. The maximum absolute atomic E-state index is 11.1. The van der Waals surface area contributed by atoms with Gasteiger partial charge in [0.25, 0.3) is 0 Å². The summed E-state index contributed by atoms with van der Waals surface area (Å²) in [6.07, 6.45) is 1.88. The van der Waals surface area contributed by atoms with Crippen molar-refractivity contribution in [2.45, 2.75) is 53.2 Å². The Kier molecular flexibility index (Phi) is 8.39. The standard InChI is InChI=1S/C39H35GeN2OS.Pt/c1-39(2,3)29-18-26(31-21-25(15-16-41-31)24-11-8-7-9-12-24)17-27(19-29)32-22-28-20-30(40(4,5)6)23-35-36(28)38(42-32)37-33(43)13-10-14-34(37)44-35;/h7-16,18-23,43H,1-6H3;/q-1;. The summed E-state index contributed by atoms with van der Waals surface area (Å²) in [5, 5.41) is 13.4. The van der Waals surface area contributed by atoms with Gasteiger partial charge in [-0.3, -0.25) is 0 Å². The van der Waals surface area contributed by atoms with Crippen molar-refractivity contribution >= 4 is 40.2 Å². The van der Waals surface area contributed by atoms with E-state index in [4.69, 9.17) is 9.97 Å². The van der Waals surface area contributed by atoms with Crippen LogP contribution in [0.25, 0.3) is 55.7 Å². The normalized spacial score (nSPS) is 12.5. The predicted molar refractivity (Wildman–Crippen MR) is 188 cm³/mol. The zero-order valence-corrected chi connectivity index (χ0v) is 31.5. The van der Waals surface area contributed by atoms with E-state index >= 15 is 0 Å². The molecule has 0 amide bonds. The summed E-state index contributed by atoms with van der Waals surface area (Å²) >= 11 is -0.427. The van der Waals surface area contributed by atoms with Gasteiger partial charge in [0, 0.05) is 21.1 Å². The molecule has 228 valence electrons. The first kappa shape index (κ1) is 31.8. The number of rotatable bonds is 4. The minimum Gasteiger partial charge on any atom is 0 e. The van der Waals surface area contributed by atoms with Crippen LogP contribution in [0.4, 0.5) is 0 Å². The van der Waals surface area contributed by atoms with E-state index in [0.717, 1.165) is 55.2 Å². The molecule has 45 heavy (non-hydrogen) atoms. The molecular weight excluding hydrogens is 812 g/mol. The topological polar surface area (TPSA) is 46.0 Å². The Morgan fingerprint density at radius 2 is 1.49 bits per heavy atom. The molecule has 0 spiro atoms. The van der Waals surface area contributed by atoms with Crippen molar-refractivity contribution in [1.29, 1.82) is 0 Å². The van der Waals surface area contributed by atoms with Gasteiger partial charge in [-0.1, -0.05) is 30.3 Å². The first-order valence-corrected chi connectivity index (χ1v) is 23.2. The molecule has 3 heterocycles. The molecule has 0 fully saturated rings. The van der Waals surface area contributed by atoms with Gasteiger partial charge in [-0.2, -0.15) is 0 Å². The monoisotopic (exact) mass is 848 g/mol. The third-order valence-electron chi connectivity index (χ3n) is 8.37. The second-order valence-corrected chi connectivity index (χ2v) is 25.4. The Labute approximate surface area is 287 Å². The summed E-state index contributed by atoms with van der Waals surface area (Å²) in [5.41, 5.74) is 8.64. The number of phenols is 1. The van der Waals surface area contributed by atoms with E-state index in [1.165, 1.54) is 20.2 Å². The molecule has 0 radical (unpaired) electrons. The molecule has 7 rings (SSSR count). The average molecular weight is 847 g/mol. The van der Waals surface area contributed by atoms with E-state index in [1.54, 1.807) is 17.8 Å². The van der Waals surface area contributed by atoms with Crippen LogP contribution in [0.5, 0.6) is 5.75 Å². The summed E-state index contributed by atoms with van der Waals surface area (Å²) in [5.74, 6) is 7.58. The van der Waals surface area contributed by atoms with Crippen LogP contribution in [0.3, 0.4) is 0 Å². The van der Waals surface area contributed by atoms with E-state index < -0.39 is 13.3 Å². The molecule has 1 N–H and O–H groups in total. The van der Waals surface area contributed by atoms with Crippen molar-refractivity contribution in [3.8, 4) is 50.6 Å². The number of benzene rings is 4. The summed E-state index contributed by atoms with van der Waals surface area (Å²) in [7, 11) is 0. The SMILES string of the molecule is CC(C)(C)c1cc(-c2cc(-c3ccccc3)ccn2)[c-]c(-c2cc3c[c]([Ge]([CH3])([CH3])[CH3])cc4c3c(n2)-c2c(O)cccc2S4)c1.[Pt]. The van der Waals surface area contributed by atoms with Gasteiger partial charge >= 0.3 is 238 Å². The molecular formula is C39H35GeN2OPtS-. The summed E-state index contributed by atoms with van der Waals surface area (Å²) in [6.45, 7) is 6.71. The molecule has 1 aliphatic rings. The van der Waals surface area contributed by atoms with Crippen LogP contribution in [0.2, 0.25) is 17.3 Å². The van der Waals surface area contributed by atoms with Gasteiger partial charge in [0.05, 0.1) is 0 Å². The number of aromatic hydroxyl groups is 1. The quantitative estimate of drug-likeness (QED) is 0.142. The second-order valence-electron chi connectivity index (χ2n) is 13.7. The minimum atomic E-state index is -2.17. The van der Waals surface area contributed by atoms with Crippen LogP contribution in [0, 0.1) is 6.07 Å². The largest absolute Gasteiger partial charge is 0 e. The minimum absolute atomic E-state index is 0. The Bertz CT molecular complexity index is 2080. The van der Waals surface area contributed by atoms with Crippen molar-refractivity contribution in [3.05, 3.63) is 109 Å². The van der Waals surface area contributed by atoms with E-state index in [9.17, 15) is 5.11 Å². The van der Waals surface area contributed by atoms with Crippen molar-refractivity contribution in [2.24, 2.45) is 0 Å². The second kappa shape index (κ2) is 11.9. The van der Waals surface area contributed by atoms with E-state index in [-0.39, 0.29) is 32.2 Å². The number of hydrogen-bond acceptors (Lipinski definition) is 4. The van der Waals surface area contributed by atoms with Gasteiger partial charge in [0.1, 0.15) is 0 Å². The Morgan fingerprint density at radius 3 is 2.20 bits per heavy atom. The van der Waals surface area contributed by atoms with E-state index in [2.05, 4.69) is 117 Å². The van der Waals surface area contributed by atoms with Gasteiger partial charge in [0.2, 0.25) is 0 Å². The van der Waals surface area contributed by atoms with Crippen LogP contribution >= 0.6 is 11.8 Å².